The number of fused-ring (bicyclic) bond motifs is 1. The van der Waals surface area contributed by atoms with Gasteiger partial charge < -0.3 is 9.47 Å². The zero-order valence-electron chi connectivity index (χ0n) is 10.0. The molecule has 2 aromatic heterocycles. The minimum absolute atomic E-state index is 0.340. The number of thiophene rings is 2. The number of hydrogen-bond donors (Lipinski definition) is 0. The lowest BCUT2D eigenvalue weighted by Gasteiger charge is -1.98. The third-order valence-corrected chi connectivity index (χ3v) is 4.43. The number of ether oxygens (including phenoxy) is 2. The largest absolute Gasteiger partial charge is 0.462 e. The van der Waals surface area contributed by atoms with E-state index in [1.54, 1.807) is 24.6 Å². The second-order valence-electron chi connectivity index (χ2n) is 3.40. The Morgan fingerprint density at radius 3 is 1.67 bits per heavy atom. The molecule has 4 nitrogen and oxygen atoms in total. The molecule has 0 N–H and O–H groups in total. The maximum absolute atomic E-state index is 11.7. The van der Waals surface area contributed by atoms with Gasteiger partial charge in [-0.1, -0.05) is 0 Å². The van der Waals surface area contributed by atoms with Crippen molar-refractivity contribution in [2.45, 2.75) is 13.8 Å². The fourth-order valence-corrected chi connectivity index (χ4v) is 3.83. The van der Waals surface area contributed by atoms with Gasteiger partial charge in [-0.15, -0.1) is 22.7 Å². The Bertz CT molecular complexity index is 530. The Morgan fingerprint density at radius 2 is 1.33 bits per heavy atom. The first-order chi connectivity index (χ1) is 8.69. The molecule has 0 saturated carbocycles. The summed E-state index contributed by atoms with van der Waals surface area (Å²) >= 11 is 2.73. The van der Waals surface area contributed by atoms with E-state index in [9.17, 15) is 9.59 Å². The van der Waals surface area contributed by atoms with Crippen LogP contribution in [0, 0.1) is 0 Å². The van der Waals surface area contributed by atoms with Gasteiger partial charge in [0.2, 0.25) is 0 Å². The summed E-state index contributed by atoms with van der Waals surface area (Å²) in [6.45, 7) is 4.21. The van der Waals surface area contributed by atoms with Crippen LogP contribution in [0.1, 0.15) is 34.6 Å². The first kappa shape index (κ1) is 13.0. The molecule has 0 aliphatic heterocycles. The average Bonchev–Trinajstić information content (AvgIpc) is 2.89. The van der Waals surface area contributed by atoms with Crippen LogP contribution in [0.4, 0.5) is 0 Å². The summed E-state index contributed by atoms with van der Waals surface area (Å²) < 4.78 is 11.5. The van der Waals surface area contributed by atoms with E-state index in [2.05, 4.69) is 0 Å². The fraction of sp³-hybridized carbons (Fsp3) is 0.333. The predicted octanol–water partition coefficient (Wildman–Crippen LogP) is 3.32. The normalized spacial score (nSPS) is 10.6. The fourth-order valence-electron chi connectivity index (χ4n) is 1.52. The molecular formula is C12H12O4S2. The Balaban J connectivity index is 2.38. The summed E-state index contributed by atoms with van der Waals surface area (Å²) in [5.74, 6) is -0.693. The van der Waals surface area contributed by atoms with Gasteiger partial charge in [0.1, 0.15) is 0 Å². The second-order valence-corrected chi connectivity index (χ2v) is 5.16. The van der Waals surface area contributed by atoms with Crippen LogP contribution in [0.3, 0.4) is 0 Å². The lowest BCUT2D eigenvalue weighted by atomic mass is 10.2. The highest BCUT2D eigenvalue weighted by Crippen LogP contribution is 2.35. The highest BCUT2D eigenvalue weighted by molar-refractivity contribution is 7.27. The van der Waals surface area contributed by atoms with Gasteiger partial charge in [0, 0.05) is 10.8 Å². The van der Waals surface area contributed by atoms with Crippen LogP contribution in [0.2, 0.25) is 0 Å². The maximum atomic E-state index is 11.7. The molecule has 0 bridgehead atoms. The van der Waals surface area contributed by atoms with E-state index in [0.29, 0.717) is 24.3 Å². The van der Waals surface area contributed by atoms with Gasteiger partial charge in [0.05, 0.1) is 33.7 Å². The van der Waals surface area contributed by atoms with E-state index in [0.717, 1.165) is 9.40 Å². The molecule has 2 heterocycles. The van der Waals surface area contributed by atoms with Crippen LogP contribution >= 0.6 is 22.7 Å². The number of rotatable bonds is 4. The summed E-state index contributed by atoms with van der Waals surface area (Å²) in [5, 5.41) is 3.45. The summed E-state index contributed by atoms with van der Waals surface area (Å²) in [4.78, 5) is 23.4. The molecule has 96 valence electrons. The van der Waals surface area contributed by atoms with Gasteiger partial charge in [-0.2, -0.15) is 0 Å². The topological polar surface area (TPSA) is 52.6 Å². The molecule has 2 aromatic rings. The number of hydrogen-bond acceptors (Lipinski definition) is 6. The number of carbonyl (C=O) groups excluding carboxylic acids is 2. The van der Waals surface area contributed by atoms with Crippen LogP contribution in [0.5, 0.6) is 0 Å². The van der Waals surface area contributed by atoms with Gasteiger partial charge in [-0.25, -0.2) is 9.59 Å². The summed E-state index contributed by atoms with van der Waals surface area (Å²) in [5.41, 5.74) is 1.05. The van der Waals surface area contributed by atoms with Gasteiger partial charge in [0.15, 0.2) is 0 Å². The molecule has 0 aromatic carbocycles. The number of esters is 2. The quantitative estimate of drug-likeness (QED) is 0.808. The molecule has 0 amide bonds. The van der Waals surface area contributed by atoms with E-state index in [1.165, 1.54) is 22.7 Å². The lowest BCUT2D eigenvalue weighted by molar-refractivity contribution is 0.0518. The van der Waals surface area contributed by atoms with Crippen molar-refractivity contribution in [3.8, 4) is 0 Å². The van der Waals surface area contributed by atoms with E-state index in [4.69, 9.17) is 9.47 Å². The van der Waals surface area contributed by atoms with E-state index in [-0.39, 0.29) is 11.9 Å². The maximum Gasteiger partial charge on any atom is 0.340 e. The Hall–Kier alpha value is -1.40. The summed E-state index contributed by atoms with van der Waals surface area (Å²) in [7, 11) is 0. The standard InChI is InChI=1S/C12H12O4S2/c1-3-15-11(13)7-5-17-10-8(6-18-9(7)10)12(14)16-4-2/h5-6H,3-4H2,1-2H3. The van der Waals surface area contributed by atoms with Gasteiger partial charge in [-0.05, 0) is 13.8 Å². The summed E-state index contributed by atoms with van der Waals surface area (Å²) in [6, 6.07) is 0. The highest BCUT2D eigenvalue weighted by Gasteiger charge is 2.20. The molecule has 6 heteroatoms. The summed E-state index contributed by atoms with van der Waals surface area (Å²) in [6.07, 6.45) is 0. The van der Waals surface area contributed by atoms with E-state index in [1.807, 2.05) is 0 Å². The van der Waals surface area contributed by atoms with Crippen molar-refractivity contribution in [2.75, 3.05) is 13.2 Å². The van der Waals surface area contributed by atoms with E-state index < -0.39 is 0 Å². The van der Waals surface area contributed by atoms with Crippen LogP contribution in [0.15, 0.2) is 10.8 Å². The molecule has 0 atom stereocenters. The van der Waals surface area contributed by atoms with Crippen LogP contribution < -0.4 is 0 Å². The molecule has 0 spiro atoms. The van der Waals surface area contributed by atoms with Gasteiger partial charge in [0.25, 0.3) is 0 Å². The molecule has 2 rings (SSSR count). The van der Waals surface area contributed by atoms with Crippen molar-refractivity contribution < 1.29 is 19.1 Å². The minimum atomic E-state index is -0.346. The van der Waals surface area contributed by atoms with Gasteiger partial charge in [-0.3, -0.25) is 0 Å². The zero-order chi connectivity index (χ0) is 13.1. The molecular weight excluding hydrogens is 272 g/mol. The zero-order valence-corrected chi connectivity index (χ0v) is 11.7. The SMILES string of the molecule is CCOC(=O)c1csc2c(C(=O)OCC)csc12. The minimum Gasteiger partial charge on any atom is -0.462 e. The van der Waals surface area contributed by atoms with Crippen LogP contribution in [-0.4, -0.2) is 25.2 Å². The highest BCUT2D eigenvalue weighted by atomic mass is 32.1. The molecule has 0 unspecified atom stereocenters. The lowest BCUT2D eigenvalue weighted by Crippen LogP contribution is -2.03. The first-order valence-electron chi connectivity index (χ1n) is 5.52. The van der Waals surface area contributed by atoms with E-state index >= 15 is 0 Å². The second kappa shape index (κ2) is 5.49. The van der Waals surface area contributed by atoms with Crippen molar-refractivity contribution in [1.82, 2.24) is 0 Å². The van der Waals surface area contributed by atoms with Crippen molar-refractivity contribution in [3.63, 3.8) is 0 Å². The van der Waals surface area contributed by atoms with Crippen LogP contribution in [0.25, 0.3) is 9.40 Å². The number of carbonyl (C=O) groups is 2. The van der Waals surface area contributed by atoms with Crippen molar-refractivity contribution in [2.24, 2.45) is 0 Å². The molecule has 0 radical (unpaired) electrons. The Morgan fingerprint density at radius 1 is 0.944 bits per heavy atom. The van der Waals surface area contributed by atoms with Crippen LogP contribution in [-0.2, 0) is 9.47 Å². The predicted molar refractivity (Wildman–Crippen MR) is 71.6 cm³/mol. The molecule has 0 fully saturated rings. The third-order valence-electron chi connectivity index (χ3n) is 2.28. The molecule has 0 aliphatic rings. The molecule has 18 heavy (non-hydrogen) atoms. The first-order valence-corrected chi connectivity index (χ1v) is 7.27. The Labute approximate surface area is 112 Å². The van der Waals surface area contributed by atoms with Crippen molar-refractivity contribution in [3.05, 3.63) is 21.9 Å². The Kier molecular flexibility index (Phi) is 3.98. The average molecular weight is 284 g/mol. The monoisotopic (exact) mass is 284 g/mol. The molecule has 0 saturated heterocycles. The van der Waals surface area contributed by atoms with Crippen molar-refractivity contribution >= 4 is 44.0 Å². The third kappa shape index (κ3) is 2.26. The molecule has 0 aliphatic carbocycles. The smallest absolute Gasteiger partial charge is 0.340 e. The van der Waals surface area contributed by atoms with Crippen molar-refractivity contribution in [1.29, 1.82) is 0 Å². The van der Waals surface area contributed by atoms with Gasteiger partial charge >= 0.3 is 11.9 Å².